The molecule has 180 valence electrons. The van der Waals surface area contributed by atoms with Crippen LogP contribution >= 0.6 is 0 Å². The van der Waals surface area contributed by atoms with E-state index in [1.165, 1.54) is 121 Å². The van der Waals surface area contributed by atoms with Crippen LogP contribution in [0, 0.1) is 0 Å². The van der Waals surface area contributed by atoms with Crippen molar-refractivity contribution in [3.05, 3.63) is 42.7 Å². The van der Waals surface area contributed by atoms with Crippen molar-refractivity contribution in [2.24, 2.45) is 0 Å². The molecule has 0 saturated heterocycles. The summed E-state index contributed by atoms with van der Waals surface area (Å²) in [5, 5.41) is 0. The number of aryl methyl sites for hydroxylation is 2. The second-order valence-electron chi connectivity index (χ2n) is 9.68. The van der Waals surface area contributed by atoms with Gasteiger partial charge in [0, 0.05) is 0 Å². The van der Waals surface area contributed by atoms with Crippen LogP contribution in [0.25, 0.3) is 11.4 Å². The number of unbranched alkanes of at least 4 members (excludes halogenated alkanes) is 15. The first-order chi connectivity index (χ1) is 15.9. The minimum Gasteiger partial charge on any atom is -0.230 e. The second kappa shape index (κ2) is 17.9. The quantitative estimate of drug-likeness (QED) is 0.144. The molecule has 1 aromatic heterocycles. The predicted octanol–water partition coefficient (Wildman–Crippen LogP) is 9.11. The average molecular weight is 440 g/mol. The van der Waals surface area contributed by atoms with Gasteiger partial charge in [0.15, 0.2) is 0 Å². The lowest BCUT2D eigenvalue weighted by molar-refractivity contribution is -0.686. The van der Waals surface area contributed by atoms with Crippen molar-refractivity contribution in [1.82, 2.24) is 4.57 Å². The molecule has 0 N–H and O–H groups in total. The minimum absolute atomic E-state index is 1.14. The molecule has 0 radical (unpaired) electrons. The Morgan fingerprint density at radius 3 is 1.66 bits per heavy atom. The Bertz CT molecular complexity index is 673. The fourth-order valence-electron chi connectivity index (χ4n) is 4.76. The Balaban J connectivity index is 1.69. The van der Waals surface area contributed by atoms with Gasteiger partial charge in [0.1, 0.15) is 12.4 Å². The molecule has 32 heavy (non-hydrogen) atoms. The molecule has 2 aromatic rings. The van der Waals surface area contributed by atoms with Crippen LogP contribution in [0.5, 0.6) is 0 Å². The third-order valence-electron chi connectivity index (χ3n) is 6.76. The summed E-state index contributed by atoms with van der Waals surface area (Å²) in [5.74, 6) is 1.39. The first-order valence-corrected chi connectivity index (χ1v) is 14.0. The molecule has 1 aromatic carbocycles. The Morgan fingerprint density at radius 2 is 1.09 bits per heavy atom. The SMILES string of the molecule is CCCCCCCCCCCCCCn1cc[n+](CCCCCCC)c1-c1ccccc1. The van der Waals surface area contributed by atoms with E-state index in [4.69, 9.17) is 0 Å². The van der Waals surface area contributed by atoms with Gasteiger partial charge < -0.3 is 0 Å². The molecule has 0 bridgehead atoms. The van der Waals surface area contributed by atoms with Crippen molar-refractivity contribution >= 4 is 0 Å². The maximum absolute atomic E-state index is 2.50. The lowest BCUT2D eigenvalue weighted by Gasteiger charge is -2.06. The highest BCUT2D eigenvalue weighted by Crippen LogP contribution is 2.18. The highest BCUT2D eigenvalue weighted by molar-refractivity contribution is 5.52. The molecule has 2 heteroatoms. The third-order valence-corrected chi connectivity index (χ3v) is 6.76. The van der Waals surface area contributed by atoms with E-state index < -0.39 is 0 Å². The zero-order valence-electron chi connectivity index (χ0n) is 21.4. The highest BCUT2D eigenvalue weighted by Gasteiger charge is 2.18. The van der Waals surface area contributed by atoms with Crippen molar-refractivity contribution in [2.75, 3.05) is 0 Å². The molecule has 2 rings (SSSR count). The van der Waals surface area contributed by atoms with E-state index in [1.54, 1.807) is 0 Å². The number of imidazole rings is 1. The standard InChI is InChI=1S/C30H51N2/c1-3-5-7-9-10-11-12-13-14-15-17-22-26-32-28-27-31(25-21-16-8-6-4-2)30(32)29-23-19-18-20-24-29/h18-20,23-24,27-28H,3-17,21-22,25-26H2,1-2H3/q+1. The molecule has 0 amide bonds. The fraction of sp³-hybridized carbons (Fsp3) is 0.700. The summed E-state index contributed by atoms with van der Waals surface area (Å²) in [6.07, 6.45) is 28.2. The van der Waals surface area contributed by atoms with Crippen LogP contribution in [-0.2, 0) is 13.1 Å². The molecule has 0 unspecified atom stereocenters. The lowest BCUT2D eigenvalue weighted by atomic mass is 10.1. The van der Waals surface area contributed by atoms with Crippen molar-refractivity contribution in [1.29, 1.82) is 0 Å². The third kappa shape index (κ3) is 10.8. The zero-order chi connectivity index (χ0) is 22.7. The van der Waals surface area contributed by atoms with Gasteiger partial charge in [-0.1, -0.05) is 116 Å². The van der Waals surface area contributed by atoms with Crippen LogP contribution < -0.4 is 4.57 Å². The fourth-order valence-corrected chi connectivity index (χ4v) is 4.76. The number of aromatic nitrogens is 2. The minimum atomic E-state index is 1.14. The van der Waals surface area contributed by atoms with Gasteiger partial charge in [-0.05, 0) is 37.8 Å². The first-order valence-electron chi connectivity index (χ1n) is 14.0. The Morgan fingerprint density at radius 1 is 0.594 bits per heavy atom. The lowest BCUT2D eigenvalue weighted by Crippen LogP contribution is -2.34. The molecule has 1 heterocycles. The smallest absolute Gasteiger partial charge is 0.230 e. The Labute approximate surface area is 199 Å². The highest BCUT2D eigenvalue weighted by atomic mass is 15.1. The van der Waals surface area contributed by atoms with Gasteiger partial charge in [0.25, 0.3) is 5.82 Å². The molecule has 0 spiro atoms. The Kier molecular flexibility index (Phi) is 14.9. The van der Waals surface area contributed by atoms with E-state index in [2.05, 4.69) is 65.7 Å². The van der Waals surface area contributed by atoms with Crippen LogP contribution in [-0.4, -0.2) is 4.57 Å². The number of hydrogen-bond acceptors (Lipinski definition) is 0. The summed E-state index contributed by atoms with van der Waals surface area (Å²) in [7, 11) is 0. The molecule has 0 aliphatic carbocycles. The van der Waals surface area contributed by atoms with Crippen LogP contribution in [0.15, 0.2) is 42.7 Å². The van der Waals surface area contributed by atoms with Gasteiger partial charge >= 0.3 is 0 Å². The summed E-state index contributed by atoms with van der Waals surface area (Å²) in [5.41, 5.74) is 1.35. The van der Waals surface area contributed by atoms with Gasteiger partial charge in [-0.25, -0.2) is 9.13 Å². The van der Waals surface area contributed by atoms with Crippen LogP contribution in [0.2, 0.25) is 0 Å². The van der Waals surface area contributed by atoms with Gasteiger partial charge in [0.2, 0.25) is 0 Å². The van der Waals surface area contributed by atoms with E-state index in [9.17, 15) is 0 Å². The van der Waals surface area contributed by atoms with E-state index in [-0.39, 0.29) is 0 Å². The number of rotatable bonds is 20. The average Bonchev–Trinajstić information content (AvgIpc) is 3.23. The molecular formula is C30H51N2+. The summed E-state index contributed by atoms with van der Waals surface area (Å²) < 4.78 is 4.99. The van der Waals surface area contributed by atoms with Crippen LogP contribution in [0.3, 0.4) is 0 Å². The molecule has 0 aliphatic rings. The first kappa shape index (κ1) is 26.7. The largest absolute Gasteiger partial charge is 0.288 e. The van der Waals surface area contributed by atoms with Crippen molar-refractivity contribution in [3.63, 3.8) is 0 Å². The van der Waals surface area contributed by atoms with Gasteiger partial charge in [-0.2, -0.15) is 0 Å². The molecule has 2 nitrogen and oxygen atoms in total. The molecule has 0 aliphatic heterocycles. The summed E-state index contributed by atoms with van der Waals surface area (Å²) in [6.45, 7) is 6.87. The zero-order valence-corrected chi connectivity index (χ0v) is 21.4. The maximum Gasteiger partial charge on any atom is 0.288 e. The normalized spacial score (nSPS) is 11.3. The van der Waals surface area contributed by atoms with Gasteiger partial charge in [-0.15, -0.1) is 0 Å². The van der Waals surface area contributed by atoms with Crippen molar-refractivity contribution < 1.29 is 4.57 Å². The summed E-state index contributed by atoms with van der Waals surface area (Å²) in [4.78, 5) is 0. The van der Waals surface area contributed by atoms with Crippen molar-refractivity contribution in [2.45, 2.75) is 136 Å². The molecule has 0 atom stereocenters. The predicted molar refractivity (Wildman–Crippen MR) is 140 cm³/mol. The van der Waals surface area contributed by atoms with Crippen LogP contribution in [0.1, 0.15) is 123 Å². The second-order valence-corrected chi connectivity index (χ2v) is 9.68. The number of hydrogen-bond donors (Lipinski definition) is 0. The van der Waals surface area contributed by atoms with Crippen LogP contribution in [0.4, 0.5) is 0 Å². The molecule has 0 fully saturated rings. The van der Waals surface area contributed by atoms with Gasteiger partial charge in [-0.3, -0.25) is 0 Å². The topological polar surface area (TPSA) is 8.81 Å². The molecule has 0 saturated carbocycles. The monoisotopic (exact) mass is 439 g/mol. The van der Waals surface area contributed by atoms with E-state index >= 15 is 0 Å². The van der Waals surface area contributed by atoms with Gasteiger partial charge in [0.05, 0.1) is 18.7 Å². The number of nitrogens with zero attached hydrogens (tertiary/aromatic N) is 2. The maximum atomic E-state index is 2.50. The summed E-state index contributed by atoms with van der Waals surface area (Å²) in [6, 6.07) is 11.0. The summed E-state index contributed by atoms with van der Waals surface area (Å²) >= 11 is 0. The van der Waals surface area contributed by atoms with E-state index in [0.29, 0.717) is 0 Å². The van der Waals surface area contributed by atoms with E-state index in [0.717, 1.165) is 13.1 Å². The molecular weight excluding hydrogens is 388 g/mol. The van der Waals surface area contributed by atoms with E-state index in [1.807, 2.05) is 0 Å². The number of benzene rings is 1. The van der Waals surface area contributed by atoms with Crippen molar-refractivity contribution in [3.8, 4) is 11.4 Å². The Hall–Kier alpha value is -1.57.